The monoisotopic (exact) mass is 490 g/mol. The number of nitro benzene ring substituents is 1. The quantitative estimate of drug-likeness (QED) is 0.344. The second-order valence-electron chi connectivity index (χ2n) is 5.41. The van der Waals surface area contributed by atoms with E-state index in [-0.39, 0.29) is 16.5 Å². The summed E-state index contributed by atoms with van der Waals surface area (Å²) in [5, 5.41) is 13.8. The van der Waals surface area contributed by atoms with E-state index in [2.05, 4.69) is 21.2 Å². The number of amides is 1. The minimum Gasteiger partial charge on any atom is -0.477 e. The molecule has 28 heavy (non-hydrogen) atoms. The summed E-state index contributed by atoms with van der Waals surface area (Å²) in [7, 11) is 0. The number of nitro groups is 1. The van der Waals surface area contributed by atoms with Crippen molar-refractivity contribution in [1.82, 2.24) is 0 Å². The molecule has 2 rings (SSSR count). The highest BCUT2D eigenvalue weighted by Crippen LogP contribution is 2.29. The normalized spacial score (nSPS) is 11.4. The molecule has 0 bridgehead atoms. The van der Waals surface area contributed by atoms with E-state index in [9.17, 15) is 19.7 Å². The molecule has 2 aromatic carbocycles. The van der Waals surface area contributed by atoms with Gasteiger partial charge in [-0.15, -0.1) is 0 Å². The van der Waals surface area contributed by atoms with Gasteiger partial charge in [0.15, 0.2) is 12.7 Å². The number of benzene rings is 2. The van der Waals surface area contributed by atoms with Gasteiger partial charge in [-0.3, -0.25) is 14.9 Å². The summed E-state index contributed by atoms with van der Waals surface area (Å²) < 4.78 is 10.6. The summed E-state index contributed by atoms with van der Waals surface area (Å²) >= 11 is 14.9. The number of hydrogen-bond donors (Lipinski definition) is 1. The van der Waals surface area contributed by atoms with Crippen molar-refractivity contribution in [3.63, 3.8) is 0 Å². The maximum atomic E-state index is 12.0. The molecule has 0 fully saturated rings. The second kappa shape index (κ2) is 9.72. The fraction of sp³-hybridized carbons (Fsp3) is 0.176. The van der Waals surface area contributed by atoms with E-state index in [1.807, 2.05) is 0 Å². The summed E-state index contributed by atoms with van der Waals surface area (Å²) in [4.78, 5) is 34.1. The number of ether oxygens (including phenoxy) is 2. The van der Waals surface area contributed by atoms with Crippen LogP contribution < -0.4 is 10.1 Å². The number of rotatable bonds is 7. The standard InChI is InChI=1S/C17H13BrCl2N2O6/c1-9(28-15-5-2-10(19)6-13(15)20)17(24)27-8-16(23)21-14-4-3-11(22(25)26)7-12(14)18/h2-7,9H,8H2,1H3,(H,21,23). The van der Waals surface area contributed by atoms with Crippen LogP contribution in [0.25, 0.3) is 0 Å². The Morgan fingerprint density at radius 3 is 2.57 bits per heavy atom. The SMILES string of the molecule is CC(Oc1ccc(Cl)cc1Cl)C(=O)OCC(=O)Nc1ccc([N+](=O)[O-])cc1Br. The first-order valence-corrected chi connectivity index (χ1v) is 9.24. The van der Waals surface area contributed by atoms with Gasteiger partial charge in [-0.2, -0.15) is 0 Å². The molecule has 0 saturated carbocycles. The van der Waals surface area contributed by atoms with Crippen molar-refractivity contribution in [1.29, 1.82) is 0 Å². The molecule has 1 unspecified atom stereocenters. The van der Waals surface area contributed by atoms with Crippen molar-refractivity contribution in [2.24, 2.45) is 0 Å². The summed E-state index contributed by atoms with van der Waals surface area (Å²) in [6.45, 7) is 0.877. The lowest BCUT2D eigenvalue weighted by molar-refractivity contribution is -0.384. The first-order valence-electron chi connectivity index (χ1n) is 7.69. The zero-order valence-corrected chi connectivity index (χ0v) is 17.4. The molecule has 11 heteroatoms. The molecule has 1 N–H and O–H groups in total. The van der Waals surface area contributed by atoms with Gasteiger partial charge in [-0.1, -0.05) is 23.2 Å². The van der Waals surface area contributed by atoms with Gasteiger partial charge in [0.25, 0.3) is 11.6 Å². The fourth-order valence-corrected chi connectivity index (χ4v) is 2.89. The van der Waals surface area contributed by atoms with Crippen LogP contribution in [0.5, 0.6) is 5.75 Å². The number of esters is 1. The average molecular weight is 492 g/mol. The molecule has 0 aliphatic carbocycles. The Balaban J connectivity index is 1.88. The maximum absolute atomic E-state index is 12.0. The lowest BCUT2D eigenvalue weighted by Gasteiger charge is -2.15. The molecule has 0 aliphatic rings. The van der Waals surface area contributed by atoms with E-state index in [0.29, 0.717) is 15.2 Å². The molecule has 0 spiro atoms. The molecule has 2 aromatic rings. The highest BCUT2D eigenvalue weighted by Gasteiger charge is 2.19. The molecule has 0 aliphatic heterocycles. The Morgan fingerprint density at radius 1 is 1.25 bits per heavy atom. The van der Waals surface area contributed by atoms with Crippen molar-refractivity contribution in [3.8, 4) is 5.75 Å². The number of halogens is 3. The number of anilines is 1. The lowest BCUT2D eigenvalue weighted by Crippen LogP contribution is -2.29. The Hall–Kier alpha value is -2.36. The fourth-order valence-electron chi connectivity index (χ4n) is 1.97. The topological polar surface area (TPSA) is 108 Å². The van der Waals surface area contributed by atoms with Gasteiger partial charge in [-0.25, -0.2) is 4.79 Å². The van der Waals surface area contributed by atoms with Crippen LogP contribution in [0.15, 0.2) is 40.9 Å². The van der Waals surface area contributed by atoms with Crippen molar-refractivity contribution in [2.45, 2.75) is 13.0 Å². The van der Waals surface area contributed by atoms with E-state index >= 15 is 0 Å². The third kappa shape index (κ3) is 6.08. The Morgan fingerprint density at radius 2 is 1.96 bits per heavy atom. The summed E-state index contributed by atoms with van der Waals surface area (Å²) in [5.74, 6) is -1.15. The van der Waals surface area contributed by atoms with E-state index in [4.69, 9.17) is 32.7 Å². The predicted molar refractivity (Wildman–Crippen MR) is 107 cm³/mol. The summed E-state index contributed by atoms with van der Waals surface area (Å²) in [6.07, 6.45) is -1.02. The smallest absolute Gasteiger partial charge is 0.347 e. The first kappa shape index (κ1) is 21.9. The van der Waals surface area contributed by atoms with Crippen LogP contribution in [0, 0.1) is 10.1 Å². The summed E-state index contributed by atoms with van der Waals surface area (Å²) in [5.41, 5.74) is 0.159. The average Bonchev–Trinajstić information content (AvgIpc) is 2.63. The molecule has 0 aromatic heterocycles. The number of hydrogen-bond acceptors (Lipinski definition) is 6. The second-order valence-corrected chi connectivity index (χ2v) is 7.11. The van der Waals surface area contributed by atoms with Gasteiger partial charge in [0, 0.05) is 21.6 Å². The third-order valence-corrected chi connectivity index (χ3v) is 4.50. The van der Waals surface area contributed by atoms with E-state index in [1.165, 1.54) is 37.3 Å². The van der Waals surface area contributed by atoms with Crippen LogP contribution in [-0.4, -0.2) is 29.5 Å². The lowest BCUT2D eigenvalue weighted by atomic mass is 10.3. The van der Waals surface area contributed by atoms with Crippen LogP contribution in [-0.2, 0) is 14.3 Å². The highest BCUT2D eigenvalue weighted by molar-refractivity contribution is 9.10. The molecule has 0 radical (unpaired) electrons. The minimum atomic E-state index is -1.02. The zero-order valence-electron chi connectivity index (χ0n) is 14.3. The van der Waals surface area contributed by atoms with Crippen LogP contribution >= 0.6 is 39.1 Å². The van der Waals surface area contributed by atoms with Gasteiger partial charge < -0.3 is 14.8 Å². The Bertz CT molecular complexity index is 925. The van der Waals surface area contributed by atoms with Crippen molar-refractivity contribution < 1.29 is 24.0 Å². The molecular weight excluding hydrogens is 479 g/mol. The van der Waals surface area contributed by atoms with Gasteiger partial charge in [0.1, 0.15) is 5.75 Å². The largest absolute Gasteiger partial charge is 0.477 e. The number of carbonyl (C=O) groups excluding carboxylic acids is 2. The van der Waals surface area contributed by atoms with Crippen LogP contribution in [0.1, 0.15) is 6.92 Å². The molecule has 0 saturated heterocycles. The molecular formula is C17H13BrCl2N2O6. The van der Waals surface area contributed by atoms with Gasteiger partial charge in [0.2, 0.25) is 0 Å². The maximum Gasteiger partial charge on any atom is 0.347 e. The number of carbonyl (C=O) groups is 2. The first-order chi connectivity index (χ1) is 13.2. The minimum absolute atomic E-state index is 0.136. The molecule has 0 heterocycles. The number of non-ortho nitro benzene ring substituents is 1. The third-order valence-electron chi connectivity index (χ3n) is 3.31. The number of nitrogens with zero attached hydrogens (tertiary/aromatic N) is 1. The summed E-state index contributed by atoms with van der Waals surface area (Å²) in [6, 6.07) is 8.36. The number of nitrogens with one attached hydrogen (secondary N) is 1. The predicted octanol–water partition coefficient (Wildman–Crippen LogP) is 4.61. The van der Waals surface area contributed by atoms with E-state index in [1.54, 1.807) is 6.07 Å². The molecule has 148 valence electrons. The van der Waals surface area contributed by atoms with E-state index in [0.717, 1.165) is 0 Å². The van der Waals surface area contributed by atoms with E-state index < -0.39 is 29.5 Å². The van der Waals surface area contributed by atoms with Gasteiger partial charge in [-0.05, 0) is 47.1 Å². The van der Waals surface area contributed by atoms with Gasteiger partial charge >= 0.3 is 5.97 Å². The molecule has 1 atom stereocenters. The molecule has 8 nitrogen and oxygen atoms in total. The molecule has 1 amide bonds. The highest BCUT2D eigenvalue weighted by atomic mass is 79.9. The zero-order chi connectivity index (χ0) is 20.8. The van der Waals surface area contributed by atoms with Crippen LogP contribution in [0.4, 0.5) is 11.4 Å². The van der Waals surface area contributed by atoms with Gasteiger partial charge in [0.05, 0.1) is 15.6 Å². The van der Waals surface area contributed by atoms with Crippen molar-refractivity contribution in [2.75, 3.05) is 11.9 Å². The van der Waals surface area contributed by atoms with Crippen LogP contribution in [0.2, 0.25) is 10.0 Å². The van der Waals surface area contributed by atoms with Crippen molar-refractivity contribution >= 4 is 62.4 Å². The Labute approximate surface area is 178 Å². The Kier molecular flexibility index (Phi) is 7.61. The van der Waals surface area contributed by atoms with Crippen molar-refractivity contribution in [3.05, 3.63) is 61.0 Å². The van der Waals surface area contributed by atoms with Crippen LogP contribution in [0.3, 0.4) is 0 Å².